The number of benzene rings is 3. The van der Waals surface area contributed by atoms with Crippen molar-refractivity contribution in [3.05, 3.63) is 119 Å². The molecule has 3 fully saturated rings. The highest BCUT2D eigenvalue weighted by Gasteiger charge is 2.76. The lowest BCUT2D eigenvalue weighted by molar-refractivity contribution is -0.345. The van der Waals surface area contributed by atoms with Crippen LogP contribution in [0.1, 0.15) is 79.8 Å². The van der Waals surface area contributed by atoms with Crippen LogP contribution in [0.2, 0.25) is 0 Å². The number of hydrogen-bond donors (Lipinski definition) is 4. The number of hydrogen-bond acceptors (Lipinski definition) is 15. The van der Waals surface area contributed by atoms with E-state index in [9.17, 15) is 34.5 Å². The molecule has 16 heteroatoms. The third-order valence-electron chi connectivity index (χ3n) is 13.7. The highest BCUT2D eigenvalue weighted by atomic mass is 32.2. The number of rotatable bonds is 13. The van der Waals surface area contributed by atoms with Crippen LogP contribution in [0.15, 0.2) is 102 Å². The highest BCUT2D eigenvalue weighted by molar-refractivity contribution is 7.98. The minimum absolute atomic E-state index is 0.00748. The maximum absolute atomic E-state index is 15.3. The number of esters is 2. The van der Waals surface area contributed by atoms with Gasteiger partial charge in [-0.05, 0) is 68.0 Å². The topological polar surface area (TPSA) is 213 Å². The molecule has 15 nitrogen and oxygen atoms in total. The zero-order valence-electron chi connectivity index (χ0n) is 36.6. The van der Waals surface area contributed by atoms with Crippen molar-refractivity contribution in [2.45, 2.75) is 101 Å². The van der Waals surface area contributed by atoms with Crippen LogP contribution in [0.5, 0.6) is 0 Å². The molecule has 342 valence electrons. The van der Waals surface area contributed by atoms with Gasteiger partial charge in [-0.3, -0.25) is 9.59 Å². The fraction of sp³-hybridized carbons (Fsp3) is 0.479. The molecule has 0 aromatic heterocycles. The van der Waals surface area contributed by atoms with E-state index in [2.05, 4.69) is 5.32 Å². The van der Waals surface area contributed by atoms with Gasteiger partial charge in [-0.15, -0.1) is 11.8 Å². The number of carbonyl (C=O) groups excluding carboxylic acids is 5. The quantitative estimate of drug-likeness (QED) is 0.0759. The van der Waals surface area contributed by atoms with Crippen molar-refractivity contribution >= 4 is 41.5 Å². The lowest BCUT2D eigenvalue weighted by atomic mass is 9.44. The van der Waals surface area contributed by atoms with E-state index >= 15 is 4.79 Å². The number of nitrogens with one attached hydrogen (secondary N) is 1. The Labute approximate surface area is 375 Å². The van der Waals surface area contributed by atoms with Crippen molar-refractivity contribution in [1.29, 1.82) is 0 Å². The van der Waals surface area contributed by atoms with Gasteiger partial charge in [-0.1, -0.05) is 80.6 Å². The van der Waals surface area contributed by atoms with Gasteiger partial charge in [0.2, 0.25) is 6.10 Å². The predicted molar refractivity (Wildman–Crippen MR) is 232 cm³/mol. The molecule has 2 saturated carbocycles. The van der Waals surface area contributed by atoms with Crippen LogP contribution in [0.3, 0.4) is 0 Å². The van der Waals surface area contributed by atoms with Gasteiger partial charge < -0.3 is 49.1 Å². The lowest BCUT2D eigenvalue weighted by Gasteiger charge is -2.67. The number of aliphatic hydroxyl groups excluding tert-OH is 1. The van der Waals surface area contributed by atoms with Crippen molar-refractivity contribution in [2.75, 3.05) is 25.4 Å². The molecule has 9 unspecified atom stereocenters. The molecule has 1 aliphatic heterocycles. The van der Waals surface area contributed by atoms with E-state index in [-0.39, 0.29) is 47.8 Å². The zero-order valence-corrected chi connectivity index (χ0v) is 37.4. The molecule has 64 heavy (non-hydrogen) atoms. The van der Waals surface area contributed by atoms with Gasteiger partial charge >= 0.3 is 18.1 Å². The fourth-order valence-electron chi connectivity index (χ4n) is 10.3. The minimum atomic E-state index is -2.32. The molecule has 1 heterocycles. The Morgan fingerprint density at radius 2 is 1.52 bits per heavy atom. The number of fused-ring (bicyclic) bond motifs is 5. The normalized spacial score (nSPS) is 31.3. The SMILES string of the molecule is CCOC(=O)OC(C(=O)OC1CC2(O)C(OC(=O)c3ccccc3)C3[C@]4(O)COC4CC(OCSC)[C@@]3(C)C(=O)C(O)C(=C1C)C2(C)C)C(NC(=O)c1ccccc1)c1ccccc1. The van der Waals surface area contributed by atoms with Crippen LogP contribution >= 0.6 is 11.8 Å². The van der Waals surface area contributed by atoms with Crippen molar-refractivity contribution in [2.24, 2.45) is 16.7 Å². The molecule has 1 amide bonds. The Balaban J connectivity index is 1.37. The standard InChI is InChI=1S/C48H55NO14S/c1-7-58-44(55)62-37(35(28-17-11-8-12-18-28)49-41(52)29-19-13-9-14-20-29)43(54)61-31-24-48(57)40(63-42(53)30-21-15-10-16-22-30)38-46(5,39(51)36(50)34(27(31)2)45(48,3)4)32(60-26-64-6)23-33-47(38,56)25-59-33/h8-22,31-33,35-38,40,50,56-57H,7,23-26H2,1-6H3,(H,49,52)/t31?,32?,33?,35?,36?,37?,38?,40?,46-,47+,48?/m1/s1. The number of thioether (sulfide) groups is 1. The Morgan fingerprint density at radius 1 is 0.906 bits per heavy atom. The molecule has 11 atom stereocenters. The summed E-state index contributed by atoms with van der Waals surface area (Å²) in [5.74, 6) is -4.74. The van der Waals surface area contributed by atoms with E-state index in [1.165, 1.54) is 23.9 Å². The van der Waals surface area contributed by atoms with Crippen molar-refractivity contribution < 1.29 is 67.7 Å². The second kappa shape index (κ2) is 18.4. The second-order valence-corrected chi connectivity index (χ2v) is 18.3. The molecule has 4 N–H and O–H groups in total. The summed E-state index contributed by atoms with van der Waals surface area (Å²) < 4.78 is 35.6. The molecule has 4 aliphatic rings. The van der Waals surface area contributed by atoms with Crippen LogP contribution in [0, 0.1) is 16.7 Å². The molecule has 7 rings (SSSR count). The summed E-state index contributed by atoms with van der Waals surface area (Å²) in [7, 11) is 0. The number of aliphatic hydroxyl groups is 3. The Hall–Kier alpha value is -5.10. The van der Waals surface area contributed by atoms with E-state index in [4.69, 9.17) is 28.4 Å². The molecular weight excluding hydrogens is 847 g/mol. The molecule has 0 spiro atoms. The van der Waals surface area contributed by atoms with E-state index in [0.717, 1.165) is 0 Å². The molecular formula is C48H55NO14S. The molecule has 3 aliphatic carbocycles. The lowest BCUT2D eigenvalue weighted by Crippen LogP contribution is -2.81. The van der Waals surface area contributed by atoms with E-state index in [1.807, 2.05) is 6.26 Å². The van der Waals surface area contributed by atoms with Gasteiger partial charge in [-0.25, -0.2) is 14.4 Å². The van der Waals surface area contributed by atoms with E-state index in [0.29, 0.717) is 5.56 Å². The summed E-state index contributed by atoms with van der Waals surface area (Å²) in [6, 6.07) is 23.1. The third kappa shape index (κ3) is 8.13. The number of carbonyl (C=O) groups is 5. The predicted octanol–water partition coefficient (Wildman–Crippen LogP) is 5.12. The van der Waals surface area contributed by atoms with Crippen molar-refractivity contribution in [1.82, 2.24) is 5.32 Å². The summed E-state index contributed by atoms with van der Waals surface area (Å²) in [5.41, 5.74) is -6.68. The third-order valence-corrected chi connectivity index (χ3v) is 14.1. The van der Waals surface area contributed by atoms with Gasteiger partial charge in [0.05, 0.1) is 42.3 Å². The molecule has 2 bridgehead atoms. The van der Waals surface area contributed by atoms with Crippen molar-refractivity contribution in [3.63, 3.8) is 0 Å². The van der Waals surface area contributed by atoms with Crippen LogP contribution < -0.4 is 5.32 Å². The van der Waals surface area contributed by atoms with E-state index < -0.39 is 107 Å². The van der Waals surface area contributed by atoms with Crippen LogP contribution in [-0.4, -0.2) is 118 Å². The number of amides is 1. The monoisotopic (exact) mass is 901 g/mol. The summed E-state index contributed by atoms with van der Waals surface area (Å²) in [6.45, 7) is 7.44. The Morgan fingerprint density at radius 3 is 2.09 bits per heavy atom. The fourth-order valence-corrected chi connectivity index (χ4v) is 10.6. The number of Topliss-reactive ketones (excluding diaryl/α,β-unsaturated/α-hetero) is 1. The first kappa shape index (κ1) is 46.9. The first-order valence-corrected chi connectivity index (χ1v) is 22.6. The summed E-state index contributed by atoms with van der Waals surface area (Å²) in [5, 5.41) is 41.6. The maximum Gasteiger partial charge on any atom is 0.509 e. The molecule has 3 aromatic rings. The average Bonchev–Trinajstić information content (AvgIpc) is 3.28. The van der Waals surface area contributed by atoms with Gasteiger partial charge in [0.15, 0.2) is 5.78 Å². The van der Waals surface area contributed by atoms with Crippen LogP contribution in [0.25, 0.3) is 0 Å². The summed E-state index contributed by atoms with van der Waals surface area (Å²) in [4.78, 5) is 71.2. The second-order valence-electron chi connectivity index (χ2n) is 17.5. The maximum atomic E-state index is 15.3. The minimum Gasteiger partial charge on any atom is -0.455 e. The molecule has 1 saturated heterocycles. The molecule has 3 aromatic carbocycles. The van der Waals surface area contributed by atoms with Crippen LogP contribution in [0.4, 0.5) is 4.79 Å². The Bertz CT molecular complexity index is 2260. The first-order valence-electron chi connectivity index (χ1n) is 21.2. The first-order chi connectivity index (χ1) is 30.4. The smallest absolute Gasteiger partial charge is 0.455 e. The van der Waals surface area contributed by atoms with Gasteiger partial charge in [-0.2, -0.15) is 0 Å². The van der Waals surface area contributed by atoms with Gasteiger partial charge in [0.1, 0.15) is 35.6 Å². The van der Waals surface area contributed by atoms with Crippen molar-refractivity contribution in [3.8, 4) is 0 Å². The summed E-state index contributed by atoms with van der Waals surface area (Å²) >= 11 is 1.35. The summed E-state index contributed by atoms with van der Waals surface area (Å²) in [6.07, 6.45) is -8.80. The highest BCUT2D eigenvalue weighted by Crippen LogP contribution is 2.63. The van der Waals surface area contributed by atoms with Gasteiger partial charge in [0.25, 0.3) is 5.91 Å². The molecule has 0 radical (unpaired) electrons. The average molecular weight is 902 g/mol. The van der Waals surface area contributed by atoms with Gasteiger partial charge in [0, 0.05) is 29.7 Å². The largest absolute Gasteiger partial charge is 0.509 e. The number of ketones is 1. The van der Waals surface area contributed by atoms with Crippen LogP contribution in [-0.2, 0) is 38.0 Å². The Kier molecular flexibility index (Phi) is 13.5. The van der Waals surface area contributed by atoms with E-state index in [1.54, 1.807) is 113 Å². The number of ether oxygens (including phenoxy) is 6. The zero-order chi connectivity index (χ0) is 46.2.